The van der Waals surface area contributed by atoms with Crippen molar-refractivity contribution in [2.75, 3.05) is 10.6 Å². The Morgan fingerprint density at radius 1 is 0.619 bits per heavy atom. The maximum Gasteiger partial charge on any atom is 0.263 e. The Morgan fingerprint density at radius 2 is 1.00 bits per heavy atom. The number of anilines is 2. The Hall–Kier alpha value is -3.82. The topological polar surface area (TPSA) is 139 Å². The molecule has 0 spiro atoms. The van der Waals surface area contributed by atoms with E-state index in [0.717, 1.165) is 25.3 Å². The average molecular weight is 652 g/mol. The van der Waals surface area contributed by atoms with Gasteiger partial charge in [-0.1, -0.05) is 90.1 Å². The highest BCUT2D eigenvalue weighted by Gasteiger charge is 2.23. The summed E-state index contributed by atoms with van der Waals surface area (Å²) in [5, 5.41) is 43.9. The molecule has 220 valence electrons. The second-order valence-corrected chi connectivity index (χ2v) is 10.5. The molecule has 6 N–H and O–H groups in total. The largest absolute Gasteiger partial charge is 0.505 e. The lowest BCUT2D eigenvalue weighted by Crippen LogP contribution is -2.12. The Balaban J connectivity index is 0.000000235. The van der Waals surface area contributed by atoms with Crippen molar-refractivity contribution in [3.8, 4) is 23.0 Å². The molecule has 0 aromatic heterocycles. The highest BCUT2D eigenvalue weighted by atomic mass is 35.5. The summed E-state index contributed by atoms with van der Waals surface area (Å²) in [6.07, 6.45) is 3.21. The SMILES string of the molecule is CCCCc1ccc(NC(=O)c2c(O)c(Cl)cc(Cl)c2O)cc1.O=C(Nc1ccccc1)c1c(O)c(Cl)cc(Cl)c1O. The highest BCUT2D eigenvalue weighted by molar-refractivity contribution is 6.38. The van der Waals surface area contributed by atoms with Crippen molar-refractivity contribution in [2.24, 2.45) is 0 Å². The molecule has 0 radical (unpaired) electrons. The zero-order chi connectivity index (χ0) is 31.0. The number of phenols is 4. The van der Waals surface area contributed by atoms with Crippen LogP contribution in [0, 0.1) is 0 Å². The normalized spacial score (nSPS) is 10.4. The summed E-state index contributed by atoms with van der Waals surface area (Å²) in [6.45, 7) is 2.13. The molecule has 0 atom stereocenters. The van der Waals surface area contributed by atoms with E-state index < -0.39 is 34.8 Å². The van der Waals surface area contributed by atoms with E-state index in [1.54, 1.807) is 42.5 Å². The van der Waals surface area contributed by atoms with E-state index in [1.165, 1.54) is 11.6 Å². The molecule has 4 aromatic carbocycles. The molecule has 0 aliphatic carbocycles. The molecule has 0 aliphatic rings. The van der Waals surface area contributed by atoms with Crippen molar-refractivity contribution in [3.63, 3.8) is 0 Å². The van der Waals surface area contributed by atoms with Crippen LogP contribution in [0.4, 0.5) is 11.4 Å². The van der Waals surface area contributed by atoms with E-state index in [-0.39, 0.29) is 31.2 Å². The first-order valence-electron chi connectivity index (χ1n) is 12.5. The van der Waals surface area contributed by atoms with Gasteiger partial charge >= 0.3 is 0 Å². The molecule has 4 aromatic rings. The summed E-state index contributed by atoms with van der Waals surface area (Å²) in [7, 11) is 0. The molecule has 0 bridgehead atoms. The van der Waals surface area contributed by atoms with Crippen molar-refractivity contribution in [1.29, 1.82) is 0 Å². The average Bonchev–Trinajstić information content (AvgIpc) is 2.96. The van der Waals surface area contributed by atoms with Gasteiger partial charge in [-0.2, -0.15) is 0 Å². The summed E-state index contributed by atoms with van der Waals surface area (Å²) in [6, 6.07) is 18.3. The number of carbonyl (C=O) groups excluding carboxylic acids is 2. The molecular weight excluding hydrogens is 626 g/mol. The van der Waals surface area contributed by atoms with Crippen molar-refractivity contribution in [3.05, 3.63) is 104 Å². The number of unbranched alkanes of at least 4 members (excludes halogenated alkanes) is 1. The minimum atomic E-state index is -0.703. The summed E-state index contributed by atoms with van der Waals surface area (Å²) in [5.74, 6) is -3.44. The molecule has 0 unspecified atom stereocenters. The Labute approximate surface area is 262 Å². The van der Waals surface area contributed by atoms with Crippen LogP contribution < -0.4 is 10.6 Å². The highest BCUT2D eigenvalue weighted by Crippen LogP contribution is 2.41. The van der Waals surface area contributed by atoms with Crippen LogP contribution in [0.2, 0.25) is 20.1 Å². The van der Waals surface area contributed by atoms with Crippen LogP contribution in [-0.4, -0.2) is 32.2 Å². The smallest absolute Gasteiger partial charge is 0.263 e. The van der Waals surface area contributed by atoms with Crippen LogP contribution in [-0.2, 0) is 6.42 Å². The first-order valence-corrected chi connectivity index (χ1v) is 14.0. The maximum atomic E-state index is 12.3. The van der Waals surface area contributed by atoms with E-state index in [1.807, 2.05) is 12.1 Å². The number of carbonyl (C=O) groups is 2. The van der Waals surface area contributed by atoms with Crippen LogP contribution in [0.3, 0.4) is 0 Å². The number of rotatable bonds is 7. The van der Waals surface area contributed by atoms with Crippen molar-refractivity contribution < 1.29 is 30.0 Å². The number of halogens is 4. The van der Waals surface area contributed by atoms with Gasteiger partial charge in [-0.05, 0) is 54.8 Å². The Kier molecular flexibility index (Phi) is 11.6. The molecule has 0 heterocycles. The zero-order valence-corrected chi connectivity index (χ0v) is 25.1. The van der Waals surface area contributed by atoms with Gasteiger partial charge in [0, 0.05) is 11.4 Å². The third kappa shape index (κ3) is 8.14. The van der Waals surface area contributed by atoms with Crippen molar-refractivity contribution in [1.82, 2.24) is 0 Å². The van der Waals surface area contributed by atoms with Gasteiger partial charge in [0.2, 0.25) is 0 Å². The molecular formula is C30H26Cl4N2O6. The van der Waals surface area contributed by atoms with Crippen LogP contribution in [0.25, 0.3) is 0 Å². The van der Waals surface area contributed by atoms with E-state index in [9.17, 15) is 30.0 Å². The van der Waals surface area contributed by atoms with E-state index in [0.29, 0.717) is 11.4 Å². The molecule has 0 saturated heterocycles. The molecule has 12 heteroatoms. The molecule has 0 aliphatic heterocycles. The lowest BCUT2D eigenvalue weighted by molar-refractivity contribution is 0.101. The minimum Gasteiger partial charge on any atom is -0.505 e. The number of hydrogen-bond donors (Lipinski definition) is 6. The monoisotopic (exact) mass is 650 g/mol. The third-order valence-corrected chi connectivity index (χ3v) is 7.03. The minimum absolute atomic E-state index is 0.104. The standard InChI is InChI=1S/C17H17Cl2NO3.C13H9Cl2NO3/c1-2-3-4-10-5-7-11(8-6-10)20-17(23)14-15(21)12(18)9-13(19)16(14)22;14-8-6-9(15)12(18)10(11(8)17)13(19)16-7-4-2-1-3-5-7/h5-9,21-22H,2-4H2,1H3,(H,20,23);1-6,17-18H,(H,16,19). The quantitative estimate of drug-likeness (QED) is 0.118. The fourth-order valence-corrected chi connectivity index (χ4v) is 4.60. The maximum absolute atomic E-state index is 12.3. The van der Waals surface area contributed by atoms with Gasteiger partial charge < -0.3 is 31.1 Å². The van der Waals surface area contributed by atoms with Gasteiger partial charge in [0.1, 0.15) is 11.1 Å². The number of phenolic OH excluding ortho intramolecular Hbond substituents is 4. The van der Waals surface area contributed by atoms with Gasteiger partial charge in [-0.3, -0.25) is 9.59 Å². The lowest BCUT2D eigenvalue weighted by Gasteiger charge is -2.11. The fourth-order valence-electron chi connectivity index (χ4n) is 3.67. The van der Waals surface area contributed by atoms with Crippen molar-refractivity contribution in [2.45, 2.75) is 26.2 Å². The predicted molar refractivity (Wildman–Crippen MR) is 167 cm³/mol. The Morgan fingerprint density at radius 3 is 1.38 bits per heavy atom. The number of hydrogen-bond acceptors (Lipinski definition) is 6. The van der Waals surface area contributed by atoms with Gasteiger partial charge in [0.25, 0.3) is 11.8 Å². The van der Waals surface area contributed by atoms with Crippen LogP contribution in [0.5, 0.6) is 23.0 Å². The van der Waals surface area contributed by atoms with Gasteiger partial charge in [0.05, 0.1) is 20.1 Å². The first-order chi connectivity index (χ1) is 19.9. The number of nitrogens with one attached hydrogen (secondary N) is 2. The molecule has 0 saturated carbocycles. The second kappa shape index (κ2) is 14.9. The summed E-state index contributed by atoms with van der Waals surface area (Å²) < 4.78 is 0. The van der Waals surface area contributed by atoms with Crippen molar-refractivity contribution >= 4 is 69.6 Å². The molecule has 2 amide bonds. The lowest BCUT2D eigenvalue weighted by atomic mass is 10.1. The van der Waals surface area contributed by atoms with Gasteiger partial charge in [0.15, 0.2) is 23.0 Å². The van der Waals surface area contributed by atoms with Gasteiger partial charge in [-0.25, -0.2) is 0 Å². The number of aryl methyl sites for hydroxylation is 1. The number of aromatic hydroxyl groups is 4. The summed E-state index contributed by atoms with van der Waals surface area (Å²) >= 11 is 23.0. The fraction of sp³-hybridized carbons (Fsp3) is 0.133. The van der Waals surface area contributed by atoms with Gasteiger partial charge in [-0.15, -0.1) is 0 Å². The van der Waals surface area contributed by atoms with Crippen LogP contribution >= 0.6 is 46.4 Å². The van der Waals surface area contributed by atoms with Crippen LogP contribution in [0.1, 0.15) is 46.0 Å². The summed E-state index contributed by atoms with van der Waals surface area (Å²) in [5.41, 5.74) is 1.54. The zero-order valence-electron chi connectivity index (χ0n) is 22.1. The third-order valence-electron chi connectivity index (χ3n) is 5.88. The molecule has 8 nitrogen and oxygen atoms in total. The Bertz CT molecular complexity index is 1530. The first kappa shape index (κ1) is 32.7. The molecule has 42 heavy (non-hydrogen) atoms. The number of para-hydroxylation sites is 1. The summed E-state index contributed by atoms with van der Waals surface area (Å²) in [4.78, 5) is 24.3. The van der Waals surface area contributed by atoms with E-state index in [4.69, 9.17) is 46.4 Å². The molecule has 0 fully saturated rings. The van der Waals surface area contributed by atoms with E-state index >= 15 is 0 Å². The van der Waals surface area contributed by atoms with E-state index in [2.05, 4.69) is 17.6 Å². The second-order valence-electron chi connectivity index (χ2n) is 8.90. The molecule has 4 rings (SSSR count). The number of benzene rings is 4. The van der Waals surface area contributed by atoms with Crippen LogP contribution in [0.15, 0.2) is 66.7 Å². The number of amides is 2. The predicted octanol–water partition coefficient (Wildman–Crippen LogP) is 8.66.